The maximum absolute atomic E-state index is 3.99. The fraction of sp³-hybridized carbons (Fsp3) is 0.533. The van der Waals surface area contributed by atoms with Crippen molar-refractivity contribution in [1.29, 1.82) is 0 Å². The zero-order chi connectivity index (χ0) is 13.9. The third-order valence-electron chi connectivity index (χ3n) is 4.37. The Labute approximate surface area is 119 Å². The summed E-state index contributed by atoms with van der Waals surface area (Å²) in [5.74, 6) is 1.39. The maximum atomic E-state index is 3.99. The van der Waals surface area contributed by atoms with E-state index < -0.39 is 0 Å². The molecule has 0 bridgehead atoms. The minimum absolute atomic E-state index is 0.515. The molecule has 2 unspecified atom stereocenters. The first-order valence-electron chi connectivity index (χ1n) is 7.34. The molecule has 20 heavy (non-hydrogen) atoms. The molecule has 2 aromatic rings. The summed E-state index contributed by atoms with van der Waals surface area (Å²) in [6, 6.07) is 8.72. The molecular weight excluding hydrogens is 250 g/mol. The zero-order valence-electron chi connectivity index (χ0n) is 12.0. The average molecular weight is 271 g/mol. The molecule has 1 fully saturated rings. The molecule has 1 aliphatic rings. The third-order valence-corrected chi connectivity index (χ3v) is 4.37. The van der Waals surface area contributed by atoms with Crippen LogP contribution in [0.2, 0.25) is 0 Å². The first-order chi connectivity index (χ1) is 9.75. The lowest BCUT2D eigenvalue weighted by atomic mass is 9.78. The lowest BCUT2D eigenvalue weighted by Gasteiger charge is -2.36. The number of aromatic nitrogens is 4. The molecule has 0 aliphatic heterocycles. The Bertz CT molecular complexity index is 541. The number of nitrogens with zero attached hydrogens (tertiary/aromatic N) is 4. The fourth-order valence-corrected chi connectivity index (χ4v) is 3.21. The average Bonchev–Trinajstić information content (AvgIpc) is 2.97. The molecule has 106 valence electrons. The molecular formula is C15H21N5. The first-order valence-corrected chi connectivity index (χ1v) is 7.34. The summed E-state index contributed by atoms with van der Waals surface area (Å²) in [7, 11) is 0. The van der Waals surface area contributed by atoms with Crippen molar-refractivity contribution in [2.75, 3.05) is 5.32 Å². The van der Waals surface area contributed by atoms with Crippen molar-refractivity contribution in [3.8, 4) is 5.69 Å². The van der Waals surface area contributed by atoms with Crippen LogP contribution < -0.4 is 5.32 Å². The predicted octanol–water partition coefficient (Wildman–Crippen LogP) is 2.90. The van der Waals surface area contributed by atoms with Crippen LogP contribution in [0.4, 0.5) is 5.69 Å². The highest BCUT2D eigenvalue weighted by Gasteiger charge is 2.28. The highest BCUT2D eigenvalue weighted by Crippen LogP contribution is 2.32. The van der Waals surface area contributed by atoms with Gasteiger partial charge in [-0.2, -0.15) is 4.68 Å². The molecule has 0 radical (unpaired) electrons. The summed E-state index contributed by atoms with van der Waals surface area (Å²) < 4.78 is 1.71. The topological polar surface area (TPSA) is 55.6 Å². The Hall–Kier alpha value is -1.91. The van der Waals surface area contributed by atoms with Gasteiger partial charge >= 0.3 is 0 Å². The largest absolute Gasteiger partial charge is 0.380 e. The van der Waals surface area contributed by atoms with Crippen LogP contribution in [-0.4, -0.2) is 26.2 Å². The second-order valence-corrected chi connectivity index (χ2v) is 5.83. The van der Waals surface area contributed by atoms with Crippen molar-refractivity contribution in [1.82, 2.24) is 20.2 Å². The maximum Gasteiger partial charge on any atom is 0.143 e. The summed E-state index contributed by atoms with van der Waals surface area (Å²) in [4.78, 5) is 0. The fourth-order valence-electron chi connectivity index (χ4n) is 3.21. The van der Waals surface area contributed by atoms with Crippen LogP contribution in [-0.2, 0) is 0 Å². The lowest BCUT2D eigenvalue weighted by Crippen LogP contribution is -2.37. The van der Waals surface area contributed by atoms with E-state index in [4.69, 9.17) is 0 Å². The normalized spacial score (nSPS) is 26.4. The number of anilines is 1. The van der Waals surface area contributed by atoms with Gasteiger partial charge in [-0.05, 0) is 47.2 Å². The van der Waals surface area contributed by atoms with Crippen molar-refractivity contribution >= 4 is 5.69 Å². The minimum Gasteiger partial charge on any atom is -0.380 e. The van der Waals surface area contributed by atoms with Crippen LogP contribution in [0.25, 0.3) is 5.69 Å². The third kappa shape index (κ3) is 2.53. The SMILES string of the molecule is CC1CCCC(C)C1Nc1ccccc1-n1cnnn1. The van der Waals surface area contributed by atoms with Gasteiger partial charge < -0.3 is 5.32 Å². The smallest absolute Gasteiger partial charge is 0.143 e. The highest BCUT2D eigenvalue weighted by molar-refractivity contribution is 5.61. The Morgan fingerprint density at radius 3 is 2.60 bits per heavy atom. The van der Waals surface area contributed by atoms with E-state index in [2.05, 4.69) is 40.8 Å². The number of nitrogens with one attached hydrogen (secondary N) is 1. The van der Waals surface area contributed by atoms with Crippen LogP contribution in [0, 0.1) is 11.8 Å². The number of hydrogen-bond acceptors (Lipinski definition) is 4. The molecule has 0 spiro atoms. The van der Waals surface area contributed by atoms with Crippen LogP contribution in [0.3, 0.4) is 0 Å². The van der Waals surface area contributed by atoms with Gasteiger partial charge in [0.1, 0.15) is 6.33 Å². The van der Waals surface area contributed by atoms with Gasteiger partial charge in [-0.1, -0.05) is 32.4 Å². The summed E-state index contributed by atoms with van der Waals surface area (Å²) in [6.07, 6.45) is 5.58. The molecule has 5 nitrogen and oxygen atoms in total. The second-order valence-electron chi connectivity index (χ2n) is 5.83. The molecule has 1 aromatic carbocycles. The Morgan fingerprint density at radius 1 is 1.15 bits per heavy atom. The number of rotatable bonds is 3. The Balaban J connectivity index is 1.87. The lowest BCUT2D eigenvalue weighted by molar-refractivity contribution is 0.268. The molecule has 1 heterocycles. The van der Waals surface area contributed by atoms with E-state index in [0.717, 1.165) is 11.4 Å². The van der Waals surface area contributed by atoms with Gasteiger partial charge in [-0.3, -0.25) is 0 Å². The predicted molar refractivity (Wildman–Crippen MR) is 78.7 cm³/mol. The standard InChI is InChI=1S/C15H21N5/c1-11-6-5-7-12(2)15(11)17-13-8-3-4-9-14(13)20-10-16-18-19-20/h3-4,8-12,15,17H,5-7H2,1-2H3. The molecule has 1 aromatic heterocycles. The molecule has 0 amide bonds. The van der Waals surface area contributed by atoms with Gasteiger partial charge in [0.2, 0.25) is 0 Å². The Kier molecular flexibility index (Phi) is 3.67. The van der Waals surface area contributed by atoms with E-state index >= 15 is 0 Å². The summed E-state index contributed by atoms with van der Waals surface area (Å²) in [5.41, 5.74) is 2.10. The van der Waals surface area contributed by atoms with Crippen molar-refractivity contribution in [3.05, 3.63) is 30.6 Å². The highest BCUT2D eigenvalue weighted by atomic mass is 15.5. The number of benzene rings is 1. The molecule has 3 rings (SSSR count). The van der Waals surface area contributed by atoms with E-state index in [9.17, 15) is 0 Å². The molecule has 0 saturated heterocycles. The minimum atomic E-state index is 0.515. The summed E-state index contributed by atoms with van der Waals surface area (Å²) in [6.45, 7) is 4.68. The summed E-state index contributed by atoms with van der Waals surface area (Å²) in [5, 5.41) is 15.2. The summed E-state index contributed by atoms with van der Waals surface area (Å²) >= 11 is 0. The number of hydrogen-bond donors (Lipinski definition) is 1. The second kappa shape index (κ2) is 5.61. The van der Waals surface area contributed by atoms with Crippen LogP contribution in [0.1, 0.15) is 33.1 Å². The van der Waals surface area contributed by atoms with Crippen molar-refractivity contribution in [3.63, 3.8) is 0 Å². The van der Waals surface area contributed by atoms with Crippen molar-refractivity contribution in [2.45, 2.75) is 39.2 Å². The van der Waals surface area contributed by atoms with Crippen LogP contribution in [0.15, 0.2) is 30.6 Å². The molecule has 5 heteroatoms. The van der Waals surface area contributed by atoms with Gasteiger partial charge in [-0.15, -0.1) is 5.10 Å². The Morgan fingerprint density at radius 2 is 1.90 bits per heavy atom. The quantitative estimate of drug-likeness (QED) is 0.932. The monoisotopic (exact) mass is 271 g/mol. The van der Waals surface area contributed by atoms with Crippen molar-refractivity contribution < 1.29 is 0 Å². The van der Waals surface area contributed by atoms with E-state index in [0.29, 0.717) is 17.9 Å². The van der Waals surface area contributed by atoms with Gasteiger partial charge in [0, 0.05) is 6.04 Å². The van der Waals surface area contributed by atoms with Crippen molar-refractivity contribution in [2.24, 2.45) is 11.8 Å². The molecule has 1 saturated carbocycles. The zero-order valence-corrected chi connectivity index (χ0v) is 12.0. The molecule has 1 N–H and O–H groups in total. The van der Waals surface area contributed by atoms with Gasteiger partial charge in [0.15, 0.2) is 0 Å². The van der Waals surface area contributed by atoms with Crippen LogP contribution in [0.5, 0.6) is 0 Å². The molecule has 1 aliphatic carbocycles. The van der Waals surface area contributed by atoms with E-state index in [-0.39, 0.29) is 0 Å². The number of para-hydroxylation sites is 2. The van der Waals surface area contributed by atoms with Crippen LogP contribution >= 0.6 is 0 Å². The van der Waals surface area contributed by atoms with E-state index in [1.165, 1.54) is 19.3 Å². The van der Waals surface area contributed by atoms with Gasteiger partial charge in [0.05, 0.1) is 11.4 Å². The van der Waals surface area contributed by atoms with Gasteiger partial charge in [-0.25, -0.2) is 0 Å². The van der Waals surface area contributed by atoms with Gasteiger partial charge in [0.25, 0.3) is 0 Å². The molecule has 2 atom stereocenters. The number of tetrazole rings is 1. The van der Waals surface area contributed by atoms with E-state index in [1.54, 1.807) is 11.0 Å². The first kappa shape index (κ1) is 13.1. The van der Waals surface area contributed by atoms with E-state index in [1.807, 2.05) is 18.2 Å².